The molecule has 0 aliphatic rings. The standard InChI is InChI=1S/C16H21N3O2/c1-11-16(21)19(9-5-8-18(3)4)15-7-6-13(12(2)20)10-14(15)17-11/h6-7,10H,5,8-9H2,1-4H3. The van der Waals surface area contributed by atoms with Crippen LogP contribution in [-0.2, 0) is 6.54 Å². The van der Waals surface area contributed by atoms with Crippen molar-refractivity contribution >= 4 is 16.8 Å². The minimum Gasteiger partial charge on any atom is -0.309 e. The lowest BCUT2D eigenvalue weighted by atomic mass is 10.1. The highest BCUT2D eigenvalue weighted by atomic mass is 16.1. The zero-order chi connectivity index (χ0) is 15.6. The van der Waals surface area contributed by atoms with Crippen LogP contribution in [0, 0.1) is 6.92 Å². The first-order valence-corrected chi connectivity index (χ1v) is 7.07. The van der Waals surface area contributed by atoms with Gasteiger partial charge in [0, 0.05) is 12.1 Å². The summed E-state index contributed by atoms with van der Waals surface area (Å²) in [5.41, 5.74) is 2.51. The largest absolute Gasteiger partial charge is 0.309 e. The third-order valence-electron chi connectivity index (χ3n) is 3.50. The van der Waals surface area contributed by atoms with Crippen molar-refractivity contribution in [3.8, 4) is 0 Å². The normalized spacial score (nSPS) is 11.3. The van der Waals surface area contributed by atoms with Crippen LogP contribution in [0.2, 0.25) is 0 Å². The molecule has 0 atom stereocenters. The Morgan fingerprint density at radius 3 is 2.67 bits per heavy atom. The summed E-state index contributed by atoms with van der Waals surface area (Å²) in [4.78, 5) is 30.2. The zero-order valence-electron chi connectivity index (χ0n) is 13.0. The van der Waals surface area contributed by atoms with E-state index in [4.69, 9.17) is 0 Å². The van der Waals surface area contributed by atoms with E-state index in [1.807, 2.05) is 20.2 Å². The lowest BCUT2D eigenvalue weighted by Crippen LogP contribution is -2.26. The number of rotatable bonds is 5. The lowest BCUT2D eigenvalue weighted by Gasteiger charge is -2.13. The zero-order valence-corrected chi connectivity index (χ0v) is 13.0. The highest BCUT2D eigenvalue weighted by molar-refractivity contribution is 5.97. The van der Waals surface area contributed by atoms with Crippen LogP contribution in [0.3, 0.4) is 0 Å². The molecule has 0 aliphatic carbocycles. The van der Waals surface area contributed by atoms with E-state index in [2.05, 4.69) is 9.88 Å². The minimum atomic E-state index is -0.0585. The number of carbonyl (C=O) groups excluding carboxylic acids is 1. The van der Waals surface area contributed by atoms with Crippen LogP contribution in [-0.4, -0.2) is 40.9 Å². The van der Waals surface area contributed by atoms with E-state index < -0.39 is 0 Å². The van der Waals surface area contributed by atoms with Crippen molar-refractivity contribution in [1.29, 1.82) is 0 Å². The van der Waals surface area contributed by atoms with E-state index in [-0.39, 0.29) is 11.3 Å². The van der Waals surface area contributed by atoms with Gasteiger partial charge in [0.15, 0.2) is 5.78 Å². The fourth-order valence-electron chi connectivity index (χ4n) is 2.36. The maximum absolute atomic E-state index is 12.3. The SMILES string of the molecule is CC(=O)c1ccc2c(c1)nc(C)c(=O)n2CCCN(C)C. The summed E-state index contributed by atoms with van der Waals surface area (Å²) in [7, 11) is 4.02. The Balaban J connectivity index is 2.49. The summed E-state index contributed by atoms with van der Waals surface area (Å²) in [5.74, 6) is 0.00158. The second kappa shape index (κ2) is 6.18. The van der Waals surface area contributed by atoms with Gasteiger partial charge in [-0.05, 0) is 59.1 Å². The van der Waals surface area contributed by atoms with Gasteiger partial charge in [0.25, 0.3) is 5.56 Å². The van der Waals surface area contributed by atoms with Crippen LogP contribution in [0.1, 0.15) is 29.4 Å². The summed E-state index contributed by atoms with van der Waals surface area (Å²) in [6.07, 6.45) is 0.889. The quantitative estimate of drug-likeness (QED) is 0.788. The predicted octanol–water partition coefficient (Wildman–Crippen LogP) is 1.86. The summed E-state index contributed by atoms with van der Waals surface area (Å²) in [6.45, 7) is 4.81. The van der Waals surface area contributed by atoms with Crippen LogP contribution in [0.15, 0.2) is 23.0 Å². The number of fused-ring (bicyclic) bond motifs is 1. The Bertz CT molecular complexity index is 732. The van der Waals surface area contributed by atoms with Gasteiger partial charge >= 0.3 is 0 Å². The Morgan fingerprint density at radius 1 is 1.33 bits per heavy atom. The number of hydrogen-bond acceptors (Lipinski definition) is 4. The van der Waals surface area contributed by atoms with E-state index in [0.29, 0.717) is 23.3 Å². The number of aromatic nitrogens is 2. The van der Waals surface area contributed by atoms with Crippen molar-refractivity contribution in [2.45, 2.75) is 26.8 Å². The first-order valence-electron chi connectivity index (χ1n) is 7.07. The molecule has 0 saturated heterocycles. The highest BCUT2D eigenvalue weighted by Gasteiger charge is 2.10. The molecule has 1 aromatic heterocycles. The van der Waals surface area contributed by atoms with Gasteiger partial charge in [-0.3, -0.25) is 9.59 Å². The van der Waals surface area contributed by atoms with E-state index >= 15 is 0 Å². The second-order valence-electron chi connectivity index (χ2n) is 5.57. The Kier molecular flexibility index (Phi) is 4.53. The van der Waals surface area contributed by atoms with Crippen LogP contribution in [0.4, 0.5) is 0 Å². The molecule has 0 bridgehead atoms. The summed E-state index contributed by atoms with van der Waals surface area (Å²) in [6, 6.07) is 5.33. The second-order valence-corrected chi connectivity index (χ2v) is 5.57. The summed E-state index contributed by atoms with van der Waals surface area (Å²) < 4.78 is 1.76. The molecule has 2 aromatic rings. The molecule has 0 unspecified atom stereocenters. The molecule has 2 rings (SSSR count). The van der Waals surface area contributed by atoms with Gasteiger partial charge < -0.3 is 9.47 Å². The van der Waals surface area contributed by atoms with E-state index in [1.54, 1.807) is 23.6 Å². The van der Waals surface area contributed by atoms with Gasteiger partial charge in [-0.1, -0.05) is 0 Å². The first kappa shape index (κ1) is 15.4. The predicted molar refractivity (Wildman–Crippen MR) is 83.9 cm³/mol. The fourth-order valence-corrected chi connectivity index (χ4v) is 2.36. The van der Waals surface area contributed by atoms with Crippen LogP contribution < -0.4 is 5.56 Å². The molecule has 21 heavy (non-hydrogen) atoms. The van der Waals surface area contributed by atoms with Gasteiger partial charge in [0.2, 0.25) is 0 Å². The Hall–Kier alpha value is -2.01. The van der Waals surface area contributed by atoms with E-state index in [1.165, 1.54) is 6.92 Å². The van der Waals surface area contributed by atoms with E-state index in [0.717, 1.165) is 18.5 Å². The molecule has 0 saturated carbocycles. The van der Waals surface area contributed by atoms with Gasteiger partial charge in [-0.25, -0.2) is 4.98 Å². The molecular weight excluding hydrogens is 266 g/mol. The summed E-state index contributed by atoms with van der Waals surface area (Å²) >= 11 is 0. The van der Waals surface area contributed by atoms with Gasteiger partial charge in [-0.2, -0.15) is 0 Å². The van der Waals surface area contributed by atoms with Crippen LogP contribution in [0.25, 0.3) is 11.0 Å². The first-order chi connectivity index (χ1) is 9.90. The smallest absolute Gasteiger partial charge is 0.272 e. The topological polar surface area (TPSA) is 55.2 Å². The molecule has 0 aliphatic heterocycles. The molecule has 5 nitrogen and oxygen atoms in total. The number of carbonyl (C=O) groups is 1. The molecular formula is C16H21N3O2. The number of hydrogen-bond donors (Lipinski definition) is 0. The number of aryl methyl sites for hydroxylation is 2. The van der Waals surface area contributed by atoms with Crippen molar-refractivity contribution in [1.82, 2.24) is 14.5 Å². The third kappa shape index (κ3) is 3.36. The molecule has 1 aromatic carbocycles. The Labute approximate surface area is 124 Å². The average Bonchev–Trinajstić information content (AvgIpc) is 2.42. The number of benzene rings is 1. The molecule has 112 valence electrons. The lowest BCUT2D eigenvalue weighted by molar-refractivity contribution is 0.101. The Morgan fingerprint density at radius 2 is 2.05 bits per heavy atom. The van der Waals surface area contributed by atoms with E-state index in [9.17, 15) is 9.59 Å². The molecule has 0 fully saturated rings. The van der Waals surface area contributed by atoms with Crippen molar-refractivity contribution in [2.24, 2.45) is 0 Å². The van der Waals surface area contributed by atoms with Gasteiger partial charge in [0.05, 0.1) is 11.0 Å². The average molecular weight is 287 g/mol. The van der Waals surface area contributed by atoms with Crippen molar-refractivity contribution < 1.29 is 4.79 Å². The fraction of sp³-hybridized carbons (Fsp3) is 0.438. The molecule has 1 heterocycles. The van der Waals surface area contributed by atoms with Crippen LogP contribution >= 0.6 is 0 Å². The molecule has 0 N–H and O–H groups in total. The molecule has 0 radical (unpaired) electrons. The van der Waals surface area contributed by atoms with Gasteiger partial charge in [0.1, 0.15) is 5.69 Å². The minimum absolute atomic E-state index is 0.00158. The third-order valence-corrected chi connectivity index (χ3v) is 3.50. The van der Waals surface area contributed by atoms with Gasteiger partial charge in [-0.15, -0.1) is 0 Å². The maximum atomic E-state index is 12.3. The highest BCUT2D eigenvalue weighted by Crippen LogP contribution is 2.14. The van der Waals surface area contributed by atoms with Crippen molar-refractivity contribution in [3.05, 3.63) is 39.8 Å². The van der Waals surface area contributed by atoms with Crippen molar-refractivity contribution in [2.75, 3.05) is 20.6 Å². The summed E-state index contributed by atoms with van der Waals surface area (Å²) in [5, 5.41) is 0. The molecule has 0 amide bonds. The number of ketones is 1. The van der Waals surface area contributed by atoms with Crippen molar-refractivity contribution in [3.63, 3.8) is 0 Å². The monoisotopic (exact) mass is 287 g/mol. The van der Waals surface area contributed by atoms with Crippen LogP contribution in [0.5, 0.6) is 0 Å². The number of Topliss-reactive ketones (excluding diaryl/α,β-unsaturated/α-hetero) is 1. The maximum Gasteiger partial charge on any atom is 0.272 e. The molecule has 5 heteroatoms. The number of nitrogens with zero attached hydrogens (tertiary/aromatic N) is 3. The molecule has 0 spiro atoms.